The van der Waals surface area contributed by atoms with Gasteiger partial charge in [0.15, 0.2) is 0 Å². The van der Waals surface area contributed by atoms with Gasteiger partial charge in [0.1, 0.15) is 22.9 Å². The van der Waals surface area contributed by atoms with Gasteiger partial charge in [-0.3, -0.25) is 14.5 Å². The molecule has 0 aliphatic carbocycles. The normalized spacial score (nSPS) is 26.0. The van der Waals surface area contributed by atoms with E-state index >= 15 is 0 Å². The lowest BCUT2D eigenvalue weighted by Crippen LogP contribution is -2.68. The van der Waals surface area contributed by atoms with Gasteiger partial charge in [-0.25, -0.2) is 4.79 Å². The molecule has 0 spiro atoms. The molecule has 4 rings (SSSR count). The average molecular weight is 401 g/mol. The van der Waals surface area contributed by atoms with Gasteiger partial charge in [0, 0.05) is 24.4 Å². The number of carboxylic acid groups (broad SMARTS) is 1. The van der Waals surface area contributed by atoms with Crippen molar-refractivity contribution in [3.05, 3.63) is 52.7 Å². The van der Waals surface area contributed by atoms with Crippen molar-refractivity contribution >= 4 is 29.5 Å². The molecule has 2 fully saturated rings. The number of fused-ring (bicyclic) bond motifs is 1. The van der Waals surface area contributed by atoms with Crippen LogP contribution in [0.5, 0.6) is 5.75 Å². The van der Waals surface area contributed by atoms with E-state index < -0.39 is 17.9 Å². The largest absolute Gasteiger partial charge is 0.508 e. The van der Waals surface area contributed by atoms with Gasteiger partial charge < -0.3 is 20.8 Å². The first-order valence-electron chi connectivity index (χ1n) is 8.81. The number of amides is 2. The minimum absolute atomic E-state index is 0.0813. The number of hydrogen-bond donors (Lipinski definition) is 3. The minimum atomic E-state index is -1.19. The maximum absolute atomic E-state index is 12.7. The monoisotopic (exact) mass is 401 g/mol. The van der Waals surface area contributed by atoms with Crippen LogP contribution in [0.4, 0.5) is 0 Å². The van der Waals surface area contributed by atoms with E-state index in [-0.39, 0.29) is 22.7 Å². The molecule has 28 heavy (non-hydrogen) atoms. The van der Waals surface area contributed by atoms with E-state index in [1.54, 1.807) is 29.2 Å². The molecule has 0 bridgehead atoms. The summed E-state index contributed by atoms with van der Waals surface area (Å²) in [6.45, 7) is 0.880. The number of allylic oxidation sites excluding steroid dienone is 1. The second kappa shape index (κ2) is 6.99. The molecule has 4 N–H and O–H groups in total. The van der Waals surface area contributed by atoms with Crippen LogP contribution in [0.3, 0.4) is 0 Å². The molecule has 0 radical (unpaired) electrons. The van der Waals surface area contributed by atoms with Crippen LogP contribution in [0.2, 0.25) is 0 Å². The Balaban J connectivity index is 1.57. The van der Waals surface area contributed by atoms with Crippen LogP contribution in [0.25, 0.3) is 0 Å². The Morgan fingerprint density at radius 1 is 1.36 bits per heavy atom. The van der Waals surface area contributed by atoms with Crippen LogP contribution in [-0.2, 0) is 20.9 Å². The summed E-state index contributed by atoms with van der Waals surface area (Å²) >= 11 is 1.41. The maximum atomic E-state index is 12.7. The van der Waals surface area contributed by atoms with E-state index in [1.807, 2.05) is 6.07 Å². The van der Waals surface area contributed by atoms with Gasteiger partial charge in [-0.15, -0.1) is 11.8 Å². The Kier molecular flexibility index (Phi) is 4.64. The fourth-order valence-electron chi connectivity index (χ4n) is 3.69. The Morgan fingerprint density at radius 2 is 2.14 bits per heavy atom. The average Bonchev–Trinajstić information content (AvgIpc) is 3.00. The van der Waals surface area contributed by atoms with Gasteiger partial charge in [0.25, 0.3) is 0 Å². The number of aromatic hydroxyl groups is 1. The number of β-lactam (4-membered cyclic amide) rings is 1. The quantitative estimate of drug-likeness (QED) is 0.499. The molecule has 3 aliphatic rings. The highest BCUT2D eigenvalue weighted by molar-refractivity contribution is 8.00. The highest BCUT2D eigenvalue weighted by atomic mass is 32.2. The zero-order valence-electron chi connectivity index (χ0n) is 14.9. The van der Waals surface area contributed by atoms with Crippen molar-refractivity contribution in [3.8, 4) is 5.75 Å². The van der Waals surface area contributed by atoms with Crippen LogP contribution in [0.1, 0.15) is 12.0 Å². The first-order chi connectivity index (χ1) is 13.4. The topological polar surface area (TPSA) is 124 Å². The number of rotatable bonds is 4. The van der Waals surface area contributed by atoms with E-state index in [0.717, 1.165) is 5.56 Å². The number of phenols is 1. The standard InChI is InChI=1S/C19H19N3O5S/c20-14-17(25)22-15(19(26)27)12(9-28-18(14)22)7-11-4-5-21(16(11)24)8-10-2-1-3-13(23)6-10/h1-3,6-7,14,18,23H,4-5,8-9,20H2,(H,26,27)/t14-,18-/m1/s1. The molecule has 3 aliphatic heterocycles. The van der Waals surface area contributed by atoms with Crippen molar-refractivity contribution in [1.29, 1.82) is 0 Å². The second-order valence-electron chi connectivity index (χ2n) is 6.93. The van der Waals surface area contributed by atoms with E-state index in [4.69, 9.17) is 5.73 Å². The van der Waals surface area contributed by atoms with Gasteiger partial charge in [-0.1, -0.05) is 12.1 Å². The molecule has 1 aromatic rings. The van der Waals surface area contributed by atoms with Crippen molar-refractivity contribution in [3.63, 3.8) is 0 Å². The molecule has 146 valence electrons. The van der Waals surface area contributed by atoms with E-state index in [9.17, 15) is 24.6 Å². The molecule has 0 saturated carbocycles. The van der Waals surface area contributed by atoms with Crippen LogP contribution >= 0.6 is 11.8 Å². The third kappa shape index (κ3) is 3.06. The number of aliphatic carboxylic acids is 1. The van der Waals surface area contributed by atoms with Crippen LogP contribution in [-0.4, -0.2) is 61.5 Å². The second-order valence-corrected chi connectivity index (χ2v) is 8.04. The van der Waals surface area contributed by atoms with E-state index in [1.165, 1.54) is 16.7 Å². The van der Waals surface area contributed by atoms with Crippen molar-refractivity contribution in [1.82, 2.24) is 9.80 Å². The molecule has 0 unspecified atom stereocenters. The Morgan fingerprint density at radius 3 is 2.86 bits per heavy atom. The molecular formula is C19H19N3O5S. The highest BCUT2D eigenvalue weighted by Crippen LogP contribution is 2.40. The Labute approximate surface area is 165 Å². The maximum Gasteiger partial charge on any atom is 0.352 e. The van der Waals surface area contributed by atoms with Crippen molar-refractivity contribution < 1.29 is 24.6 Å². The van der Waals surface area contributed by atoms with Gasteiger partial charge in [0.05, 0.1) is 0 Å². The fourth-order valence-corrected chi connectivity index (χ4v) is 4.94. The number of nitrogens with two attached hydrogens (primary N) is 1. The van der Waals surface area contributed by atoms with Gasteiger partial charge in [0.2, 0.25) is 11.8 Å². The molecule has 2 atom stereocenters. The Hall–Kier alpha value is -2.78. The van der Waals surface area contributed by atoms with Crippen molar-refractivity contribution in [2.24, 2.45) is 5.73 Å². The number of nitrogens with zero attached hydrogens (tertiary/aromatic N) is 2. The summed E-state index contributed by atoms with van der Waals surface area (Å²) in [5.74, 6) is -1.25. The number of likely N-dealkylation sites (tertiary alicyclic amines) is 1. The molecule has 3 heterocycles. The SMILES string of the molecule is N[C@@H]1C(=O)N2C(C(=O)O)=C(C=C3CCN(Cc4cccc(O)c4)C3=O)CS[C@H]12. The number of carboxylic acids is 1. The summed E-state index contributed by atoms with van der Waals surface area (Å²) in [6.07, 6.45) is 2.10. The molecule has 2 saturated heterocycles. The Bertz CT molecular complexity index is 941. The number of phenolic OH excluding ortho intramolecular Hbond substituents is 1. The van der Waals surface area contributed by atoms with E-state index in [2.05, 4.69) is 0 Å². The summed E-state index contributed by atoms with van der Waals surface area (Å²) in [7, 11) is 0. The van der Waals surface area contributed by atoms with Crippen LogP contribution in [0.15, 0.2) is 47.2 Å². The lowest BCUT2D eigenvalue weighted by molar-refractivity contribution is -0.147. The van der Waals surface area contributed by atoms with Crippen LogP contribution < -0.4 is 5.73 Å². The number of hydrogen-bond acceptors (Lipinski definition) is 6. The van der Waals surface area contributed by atoms with Gasteiger partial charge >= 0.3 is 5.97 Å². The molecule has 8 nitrogen and oxygen atoms in total. The van der Waals surface area contributed by atoms with Gasteiger partial charge in [-0.05, 0) is 35.8 Å². The molecule has 2 amide bonds. The summed E-state index contributed by atoms with van der Waals surface area (Å²) in [5.41, 5.74) is 7.46. The number of thioether (sulfide) groups is 1. The predicted molar refractivity (Wildman–Crippen MR) is 102 cm³/mol. The lowest BCUT2D eigenvalue weighted by atomic mass is 10.0. The summed E-state index contributed by atoms with van der Waals surface area (Å²) in [6, 6.07) is 6.04. The zero-order valence-corrected chi connectivity index (χ0v) is 15.7. The lowest BCUT2D eigenvalue weighted by Gasteiger charge is -2.47. The first-order valence-corrected chi connectivity index (χ1v) is 9.86. The molecular weight excluding hydrogens is 382 g/mol. The summed E-state index contributed by atoms with van der Waals surface area (Å²) in [4.78, 5) is 39.4. The number of benzene rings is 1. The smallest absolute Gasteiger partial charge is 0.352 e. The number of carbonyl (C=O) groups is 3. The molecule has 0 aromatic heterocycles. The highest BCUT2D eigenvalue weighted by Gasteiger charge is 2.51. The van der Waals surface area contributed by atoms with Crippen molar-refractivity contribution in [2.75, 3.05) is 12.3 Å². The zero-order chi connectivity index (χ0) is 20.0. The third-order valence-corrected chi connectivity index (χ3v) is 6.41. The minimum Gasteiger partial charge on any atom is -0.508 e. The fraction of sp³-hybridized carbons (Fsp3) is 0.316. The number of carbonyl (C=O) groups excluding carboxylic acids is 2. The predicted octanol–water partition coefficient (Wildman–Crippen LogP) is 0.632. The third-order valence-electron chi connectivity index (χ3n) is 5.09. The molecule has 9 heteroatoms. The first kappa shape index (κ1) is 18.6. The summed E-state index contributed by atoms with van der Waals surface area (Å²) in [5, 5.41) is 18.8. The van der Waals surface area contributed by atoms with Crippen LogP contribution in [0, 0.1) is 0 Å². The van der Waals surface area contributed by atoms with Gasteiger partial charge in [-0.2, -0.15) is 0 Å². The summed E-state index contributed by atoms with van der Waals surface area (Å²) < 4.78 is 0. The van der Waals surface area contributed by atoms with E-state index in [0.29, 0.717) is 36.4 Å². The van der Waals surface area contributed by atoms with Crippen molar-refractivity contribution in [2.45, 2.75) is 24.4 Å². The molecule has 1 aromatic carbocycles.